The number of carbonyl (C=O) groups is 1. The van der Waals surface area contributed by atoms with E-state index in [1.165, 1.54) is 5.56 Å². The third-order valence-electron chi connectivity index (χ3n) is 6.84. The number of carbonyl (C=O) groups excluding carboxylic acids is 1. The summed E-state index contributed by atoms with van der Waals surface area (Å²) in [5.74, 6) is 0.0793. The number of piperazine rings is 1. The summed E-state index contributed by atoms with van der Waals surface area (Å²) >= 11 is 0. The number of para-hydroxylation sites is 2. The maximum Gasteiger partial charge on any atom is 0.292 e. The molecule has 1 atom stereocenters. The van der Waals surface area contributed by atoms with E-state index in [9.17, 15) is 14.9 Å². The van der Waals surface area contributed by atoms with Gasteiger partial charge in [-0.25, -0.2) is 0 Å². The van der Waals surface area contributed by atoms with Crippen LogP contribution < -0.4 is 10.2 Å². The highest BCUT2D eigenvalue weighted by Gasteiger charge is 2.29. The van der Waals surface area contributed by atoms with E-state index in [2.05, 4.69) is 39.4 Å². The van der Waals surface area contributed by atoms with Crippen LogP contribution in [0.5, 0.6) is 0 Å². The van der Waals surface area contributed by atoms with Crippen molar-refractivity contribution in [3.8, 4) is 0 Å². The van der Waals surface area contributed by atoms with Gasteiger partial charge in [0.05, 0.1) is 11.0 Å². The molecule has 176 valence electrons. The molecule has 2 fully saturated rings. The molecule has 8 nitrogen and oxygen atoms in total. The largest absolute Gasteiger partial charge is 0.363 e. The topological polar surface area (TPSA) is 82.0 Å². The van der Waals surface area contributed by atoms with Gasteiger partial charge >= 0.3 is 0 Å². The molecule has 0 bridgehead atoms. The maximum absolute atomic E-state index is 12.9. The van der Waals surface area contributed by atoms with Crippen LogP contribution in [0.4, 0.5) is 11.4 Å². The standard InChI is InChI=1S/C25H33N5O3/c1-20(28-15-17-29(18-16-28)23-9-5-6-10-24(23)30(32)33)25(31)26-22-11-13-27(14-12-22)19-21-7-3-2-4-8-21/h2-10,20,22H,11-19H2,1H3,(H,26,31). The van der Waals surface area contributed by atoms with Crippen LogP contribution in [0.25, 0.3) is 0 Å². The minimum absolute atomic E-state index is 0.0793. The van der Waals surface area contributed by atoms with Crippen LogP contribution in [0.2, 0.25) is 0 Å². The highest BCUT2D eigenvalue weighted by Crippen LogP contribution is 2.28. The van der Waals surface area contributed by atoms with Crippen LogP contribution in [-0.4, -0.2) is 72.0 Å². The first-order valence-electron chi connectivity index (χ1n) is 11.8. The summed E-state index contributed by atoms with van der Waals surface area (Å²) in [4.78, 5) is 30.6. The van der Waals surface area contributed by atoms with E-state index in [1.54, 1.807) is 18.2 Å². The van der Waals surface area contributed by atoms with Crippen molar-refractivity contribution in [1.82, 2.24) is 15.1 Å². The second-order valence-electron chi connectivity index (χ2n) is 8.99. The number of benzene rings is 2. The number of hydrogen-bond acceptors (Lipinski definition) is 6. The van der Waals surface area contributed by atoms with Gasteiger partial charge in [0, 0.05) is 57.9 Å². The minimum Gasteiger partial charge on any atom is -0.363 e. The van der Waals surface area contributed by atoms with Crippen LogP contribution in [0.15, 0.2) is 54.6 Å². The SMILES string of the molecule is CC(C(=O)NC1CCN(Cc2ccccc2)CC1)N1CCN(c2ccccc2[N+](=O)[O-])CC1. The van der Waals surface area contributed by atoms with E-state index in [0.717, 1.165) is 32.5 Å². The fourth-order valence-electron chi connectivity index (χ4n) is 4.80. The lowest BCUT2D eigenvalue weighted by molar-refractivity contribution is -0.384. The number of piperidine rings is 1. The Kier molecular flexibility index (Phi) is 7.57. The summed E-state index contributed by atoms with van der Waals surface area (Å²) in [5, 5.41) is 14.6. The maximum atomic E-state index is 12.9. The van der Waals surface area contributed by atoms with Gasteiger partial charge in [0.15, 0.2) is 0 Å². The van der Waals surface area contributed by atoms with Crippen LogP contribution in [0.1, 0.15) is 25.3 Å². The van der Waals surface area contributed by atoms with Crippen LogP contribution in [-0.2, 0) is 11.3 Å². The van der Waals surface area contributed by atoms with Crippen molar-refractivity contribution in [3.63, 3.8) is 0 Å². The molecule has 0 saturated carbocycles. The predicted molar refractivity (Wildman–Crippen MR) is 129 cm³/mol. The summed E-state index contributed by atoms with van der Waals surface area (Å²) in [6, 6.07) is 17.4. The smallest absolute Gasteiger partial charge is 0.292 e. The van der Waals surface area contributed by atoms with Crippen molar-refractivity contribution in [3.05, 3.63) is 70.3 Å². The Bertz CT molecular complexity index is 938. The van der Waals surface area contributed by atoms with Gasteiger partial charge in [-0.3, -0.25) is 24.7 Å². The summed E-state index contributed by atoms with van der Waals surface area (Å²) in [7, 11) is 0. The second kappa shape index (κ2) is 10.8. The summed E-state index contributed by atoms with van der Waals surface area (Å²) in [6.45, 7) is 7.64. The summed E-state index contributed by atoms with van der Waals surface area (Å²) in [6.07, 6.45) is 1.94. The Morgan fingerprint density at radius 2 is 1.64 bits per heavy atom. The van der Waals surface area contributed by atoms with E-state index >= 15 is 0 Å². The quantitative estimate of drug-likeness (QED) is 0.515. The van der Waals surface area contributed by atoms with Gasteiger partial charge in [0.25, 0.3) is 5.69 Å². The molecular weight excluding hydrogens is 418 g/mol. The Morgan fingerprint density at radius 3 is 2.30 bits per heavy atom. The molecule has 33 heavy (non-hydrogen) atoms. The first-order chi connectivity index (χ1) is 16.0. The molecule has 4 rings (SSSR count). The molecule has 0 spiro atoms. The van der Waals surface area contributed by atoms with Crippen LogP contribution in [0.3, 0.4) is 0 Å². The lowest BCUT2D eigenvalue weighted by atomic mass is 10.0. The molecule has 1 unspecified atom stereocenters. The Morgan fingerprint density at radius 1 is 1.00 bits per heavy atom. The van der Waals surface area contributed by atoms with Crippen molar-refractivity contribution in [2.24, 2.45) is 0 Å². The molecule has 2 saturated heterocycles. The first kappa shape index (κ1) is 23.2. The van der Waals surface area contributed by atoms with E-state index in [4.69, 9.17) is 0 Å². The Labute approximate surface area is 195 Å². The molecule has 0 aliphatic carbocycles. The van der Waals surface area contributed by atoms with Gasteiger partial charge in [0.1, 0.15) is 5.69 Å². The number of nitrogens with one attached hydrogen (secondary N) is 1. The van der Waals surface area contributed by atoms with E-state index < -0.39 is 0 Å². The molecule has 1 amide bonds. The molecule has 2 aliphatic heterocycles. The highest BCUT2D eigenvalue weighted by atomic mass is 16.6. The zero-order chi connectivity index (χ0) is 23.2. The molecule has 8 heteroatoms. The van der Waals surface area contributed by atoms with Gasteiger partial charge in [0.2, 0.25) is 5.91 Å². The number of nitro benzene ring substituents is 1. The summed E-state index contributed by atoms with van der Waals surface area (Å²) < 4.78 is 0. The average molecular weight is 452 g/mol. The molecule has 0 radical (unpaired) electrons. The van der Waals surface area contributed by atoms with E-state index in [-0.39, 0.29) is 28.6 Å². The second-order valence-corrected chi connectivity index (χ2v) is 8.99. The Hall–Kier alpha value is -2.97. The molecule has 2 aromatic carbocycles. The van der Waals surface area contributed by atoms with Crippen molar-refractivity contribution in [1.29, 1.82) is 0 Å². The number of rotatable bonds is 7. The zero-order valence-corrected chi connectivity index (χ0v) is 19.2. The highest BCUT2D eigenvalue weighted by molar-refractivity contribution is 5.81. The van der Waals surface area contributed by atoms with Crippen LogP contribution in [0, 0.1) is 10.1 Å². The number of anilines is 1. The first-order valence-corrected chi connectivity index (χ1v) is 11.8. The molecular formula is C25H33N5O3. The number of nitro groups is 1. The van der Waals surface area contributed by atoms with Gasteiger partial charge in [-0.2, -0.15) is 0 Å². The third-order valence-corrected chi connectivity index (χ3v) is 6.84. The number of amides is 1. The van der Waals surface area contributed by atoms with E-state index in [1.807, 2.05) is 24.0 Å². The monoisotopic (exact) mass is 451 g/mol. The predicted octanol–water partition coefficient (Wildman–Crippen LogP) is 2.89. The molecule has 2 aromatic rings. The van der Waals surface area contributed by atoms with Gasteiger partial charge < -0.3 is 10.2 Å². The molecule has 1 N–H and O–H groups in total. The van der Waals surface area contributed by atoms with Crippen molar-refractivity contribution in [2.75, 3.05) is 44.2 Å². The number of likely N-dealkylation sites (tertiary alicyclic amines) is 1. The third kappa shape index (κ3) is 5.89. The van der Waals surface area contributed by atoms with Gasteiger partial charge in [-0.1, -0.05) is 42.5 Å². The average Bonchev–Trinajstić information content (AvgIpc) is 2.85. The van der Waals surface area contributed by atoms with E-state index in [0.29, 0.717) is 31.9 Å². The number of hydrogen-bond donors (Lipinski definition) is 1. The van der Waals surface area contributed by atoms with Gasteiger partial charge in [-0.15, -0.1) is 0 Å². The lowest BCUT2D eigenvalue weighted by Crippen LogP contribution is -2.56. The van der Waals surface area contributed by atoms with Crippen molar-refractivity contribution >= 4 is 17.3 Å². The Balaban J connectivity index is 1.22. The van der Waals surface area contributed by atoms with Crippen molar-refractivity contribution in [2.45, 2.75) is 38.4 Å². The zero-order valence-electron chi connectivity index (χ0n) is 19.2. The molecule has 2 aliphatic rings. The van der Waals surface area contributed by atoms with Gasteiger partial charge in [-0.05, 0) is 31.4 Å². The minimum atomic E-state index is -0.330. The fourth-order valence-corrected chi connectivity index (χ4v) is 4.80. The molecule has 2 heterocycles. The molecule has 0 aromatic heterocycles. The lowest BCUT2D eigenvalue weighted by Gasteiger charge is -2.39. The number of nitrogens with zero attached hydrogens (tertiary/aromatic N) is 4. The van der Waals surface area contributed by atoms with Crippen LogP contribution >= 0.6 is 0 Å². The summed E-state index contributed by atoms with van der Waals surface area (Å²) in [5.41, 5.74) is 2.12. The van der Waals surface area contributed by atoms with Crippen molar-refractivity contribution < 1.29 is 9.72 Å². The normalized spacial score (nSPS) is 19.2. The fraction of sp³-hybridized carbons (Fsp3) is 0.480.